The van der Waals surface area contributed by atoms with Crippen LogP contribution in [0.15, 0.2) is 83.8 Å². The van der Waals surface area contributed by atoms with E-state index >= 15 is 0 Å². The van der Waals surface area contributed by atoms with E-state index in [1.807, 2.05) is 19.1 Å². The van der Waals surface area contributed by atoms with E-state index in [-0.39, 0.29) is 23.4 Å². The van der Waals surface area contributed by atoms with E-state index in [1.54, 1.807) is 49.6 Å². The normalized spacial score (nSPS) is 14.3. The van der Waals surface area contributed by atoms with Gasteiger partial charge in [0.2, 0.25) is 11.8 Å². The number of anilines is 1. The third kappa shape index (κ3) is 7.59. The van der Waals surface area contributed by atoms with E-state index < -0.39 is 28.5 Å². The molecule has 10 heteroatoms. The van der Waals surface area contributed by atoms with Gasteiger partial charge in [0, 0.05) is 17.6 Å². The summed E-state index contributed by atoms with van der Waals surface area (Å²) in [6.45, 7) is 1.46. The summed E-state index contributed by atoms with van der Waals surface area (Å²) in [5.74, 6) is -0.111. The molecule has 0 radical (unpaired) electrons. The molecule has 0 unspecified atom stereocenters. The van der Waals surface area contributed by atoms with Gasteiger partial charge in [0.1, 0.15) is 18.3 Å². The lowest BCUT2D eigenvalue weighted by atomic mass is 10.1. The molecule has 8 nitrogen and oxygen atoms in total. The zero-order valence-corrected chi connectivity index (χ0v) is 24.9. The number of hydrogen-bond acceptors (Lipinski definition) is 5. The largest absolute Gasteiger partial charge is 0.497 e. The fourth-order valence-electron chi connectivity index (χ4n) is 5.11. The summed E-state index contributed by atoms with van der Waals surface area (Å²) in [6.07, 6.45) is 4.30. The number of nitrogens with one attached hydrogen (secondary N) is 1. The molecule has 0 aromatic heterocycles. The maximum Gasteiger partial charge on any atom is 0.264 e. The van der Waals surface area contributed by atoms with Crippen molar-refractivity contribution in [2.45, 2.75) is 62.6 Å². The Bertz CT molecular complexity index is 1430. The summed E-state index contributed by atoms with van der Waals surface area (Å²) in [5, 5.41) is 3.52. The number of ether oxygens (including phenoxy) is 1. The minimum Gasteiger partial charge on any atom is -0.497 e. The van der Waals surface area contributed by atoms with Gasteiger partial charge in [-0.2, -0.15) is 0 Å². The second-order valence-corrected chi connectivity index (χ2v) is 12.4. The van der Waals surface area contributed by atoms with Crippen LogP contribution in [0.25, 0.3) is 0 Å². The molecular formula is C31H36ClN3O5S. The quantitative estimate of drug-likeness (QED) is 0.301. The standard InChI is InChI=1S/C31H36ClN3O5S/c1-3-29(31(37)33-25-11-7-8-12-25)34(21-23-10-9-15-27(20-23)40-2)30(36)22-35(26-13-5-4-6-14-26)41(38,39)28-18-16-24(32)17-19-28/h4-6,9-10,13-20,25,29H,3,7-8,11-12,21-22H2,1-2H3,(H,33,37)/t29-/m0/s1. The minimum absolute atomic E-state index is 0.00363. The number of benzene rings is 3. The maximum atomic E-state index is 14.1. The van der Waals surface area contributed by atoms with Gasteiger partial charge in [0.05, 0.1) is 17.7 Å². The number of methoxy groups -OCH3 is 1. The molecule has 41 heavy (non-hydrogen) atoms. The van der Waals surface area contributed by atoms with Crippen LogP contribution >= 0.6 is 11.6 Å². The lowest BCUT2D eigenvalue weighted by Crippen LogP contribution is -2.53. The molecule has 218 valence electrons. The van der Waals surface area contributed by atoms with Gasteiger partial charge in [-0.1, -0.05) is 61.7 Å². The highest BCUT2D eigenvalue weighted by molar-refractivity contribution is 7.92. The van der Waals surface area contributed by atoms with Crippen LogP contribution in [0.1, 0.15) is 44.6 Å². The van der Waals surface area contributed by atoms with Crippen molar-refractivity contribution in [1.82, 2.24) is 10.2 Å². The fourth-order valence-corrected chi connectivity index (χ4v) is 6.65. The maximum absolute atomic E-state index is 14.1. The van der Waals surface area contributed by atoms with Crippen LogP contribution in [0.3, 0.4) is 0 Å². The zero-order chi connectivity index (χ0) is 29.4. The molecule has 3 aromatic carbocycles. The number of halogens is 1. The first-order chi connectivity index (χ1) is 19.7. The number of nitrogens with zero attached hydrogens (tertiary/aromatic N) is 2. The number of carbonyl (C=O) groups excluding carboxylic acids is 2. The van der Waals surface area contributed by atoms with Gasteiger partial charge in [-0.15, -0.1) is 0 Å². The van der Waals surface area contributed by atoms with Crippen molar-refractivity contribution in [1.29, 1.82) is 0 Å². The van der Waals surface area contributed by atoms with Crippen LogP contribution in [0.5, 0.6) is 5.75 Å². The number of amides is 2. The molecule has 0 heterocycles. The van der Waals surface area contributed by atoms with E-state index in [9.17, 15) is 18.0 Å². The summed E-state index contributed by atoms with van der Waals surface area (Å²) in [6, 6.07) is 20.8. The smallest absolute Gasteiger partial charge is 0.264 e. The highest BCUT2D eigenvalue weighted by Gasteiger charge is 2.34. The molecule has 1 fully saturated rings. The van der Waals surface area contributed by atoms with Crippen LogP contribution in [0, 0.1) is 0 Å². The number of carbonyl (C=O) groups is 2. The van der Waals surface area contributed by atoms with Crippen LogP contribution in [0.2, 0.25) is 5.02 Å². The molecule has 0 saturated heterocycles. The molecule has 1 aliphatic carbocycles. The Kier molecular flexibility index (Phi) is 10.3. The van der Waals surface area contributed by atoms with Crippen molar-refractivity contribution >= 4 is 39.1 Å². The molecule has 0 bridgehead atoms. The lowest BCUT2D eigenvalue weighted by Gasteiger charge is -2.33. The Morgan fingerprint density at radius 1 is 1.00 bits per heavy atom. The van der Waals surface area contributed by atoms with Gasteiger partial charge < -0.3 is 15.0 Å². The molecule has 0 spiro atoms. The molecule has 4 rings (SSSR count). The first kappa shape index (κ1) is 30.4. The third-order valence-electron chi connectivity index (χ3n) is 7.30. The molecule has 1 N–H and O–H groups in total. The summed E-state index contributed by atoms with van der Waals surface area (Å²) in [5.41, 5.74) is 1.09. The van der Waals surface area contributed by atoms with Crippen molar-refractivity contribution in [2.24, 2.45) is 0 Å². The lowest BCUT2D eigenvalue weighted by molar-refractivity contribution is -0.140. The van der Waals surface area contributed by atoms with Gasteiger partial charge in [0.25, 0.3) is 10.0 Å². The number of rotatable bonds is 12. The van der Waals surface area contributed by atoms with Crippen molar-refractivity contribution < 1.29 is 22.7 Å². The van der Waals surface area contributed by atoms with Crippen molar-refractivity contribution in [3.63, 3.8) is 0 Å². The van der Waals surface area contributed by atoms with Gasteiger partial charge in [0.15, 0.2) is 0 Å². The van der Waals surface area contributed by atoms with E-state index in [2.05, 4.69) is 5.32 Å². The van der Waals surface area contributed by atoms with Crippen LogP contribution in [-0.4, -0.2) is 50.9 Å². The highest BCUT2D eigenvalue weighted by Crippen LogP contribution is 2.26. The molecule has 3 aromatic rings. The third-order valence-corrected chi connectivity index (χ3v) is 9.34. The highest BCUT2D eigenvalue weighted by atomic mass is 35.5. The second kappa shape index (κ2) is 13.9. The molecule has 1 aliphatic rings. The number of sulfonamides is 1. The summed E-state index contributed by atoms with van der Waals surface area (Å²) in [4.78, 5) is 29.2. The summed E-state index contributed by atoms with van der Waals surface area (Å²) < 4.78 is 34.2. The van der Waals surface area contributed by atoms with E-state index in [0.717, 1.165) is 35.6 Å². The predicted octanol–water partition coefficient (Wildman–Crippen LogP) is 5.41. The first-order valence-electron chi connectivity index (χ1n) is 13.8. The van der Waals surface area contributed by atoms with Crippen LogP contribution in [-0.2, 0) is 26.2 Å². The monoisotopic (exact) mass is 597 g/mol. The number of hydrogen-bond donors (Lipinski definition) is 1. The average Bonchev–Trinajstić information content (AvgIpc) is 3.49. The average molecular weight is 598 g/mol. The molecule has 2 amide bonds. The van der Waals surface area contributed by atoms with Crippen molar-refractivity contribution in [2.75, 3.05) is 18.0 Å². The Hall–Kier alpha value is -3.56. The first-order valence-corrected chi connectivity index (χ1v) is 15.6. The van der Waals surface area contributed by atoms with E-state index in [1.165, 1.54) is 29.2 Å². The van der Waals surface area contributed by atoms with E-state index in [4.69, 9.17) is 16.3 Å². The van der Waals surface area contributed by atoms with Crippen molar-refractivity contribution in [3.05, 3.63) is 89.4 Å². The predicted molar refractivity (Wildman–Crippen MR) is 160 cm³/mol. The SMILES string of the molecule is CC[C@@H](C(=O)NC1CCCC1)N(Cc1cccc(OC)c1)C(=O)CN(c1ccccc1)S(=O)(=O)c1ccc(Cl)cc1. The van der Waals surface area contributed by atoms with E-state index in [0.29, 0.717) is 22.9 Å². The summed E-state index contributed by atoms with van der Waals surface area (Å²) in [7, 11) is -2.59. The Labute approximate surface area is 247 Å². The summed E-state index contributed by atoms with van der Waals surface area (Å²) >= 11 is 6.01. The van der Waals surface area contributed by atoms with Gasteiger partial charge >= 0.3 is 0 Å². The van der Waals surface area contributed by atoms with Crippen molar-refractivity contribution in [3.8, 4) is 5.75 Å². The van der Waals surface area contributed by atoms with Crippen LogP contribution < -0.4 is 14.4 Å². The van der Waals surface area contributed by atoms with Gasteiger partial charge in [-0.05, 0) is 73.4 Å². The molecular weight excluding hydrogens is 562 g/mol. The topological polar surface area (TPSA) is 96.0 Å². The van der Waals surface area contributed by atoms with Crippen LogP contribution in [0.4, 0.5) is 5.69 Å². The zero-order valence-electron chi connectivity index (χ0n) is 23.3. The second-order valence-electron chi connectivity index (χ2n) is 10.1. The fraction of sp³-hybridized carbons (Fsp3) is 0.355. The van der Waals surface area contributed by atoms with Gasteiger partial charge in [-0.25, -0.2) is 8.42 Å². The molecule has 1 saturated carbocycles. The molecule has 0 aliphatic heterocycles. The van der Waals surface area contributed by atoms with Gasteiger partial charge in [-0.3, -0.25) is 13.9 Å². The minimum atomic E-state index is -4.15. The Morgan fingerprint density at radius 2 is 1.68 bits per heavy atom. The number of para-hydroxylation sites is 1. The molecule has 1 atom stereocenters. The Balaban J connectivity index is 1.70. The Morgan fingerprint density at radius 3 is 2.32 bits per heavy atom.